The van der Waals surface area contributed by atoms with E-state index >= 15 is 0 Å². The molecular formula is C16H22ClNO5S. The molecule has 0 radical (unpaired) electrons. The van der Waals surface area contributed by atoms with E-state index in [-0.39, 0.29) is 11.7 Å². The minimum absolute atomic E-state index is 0.0113. The number of ether oxygens (including phenoxy) is 2. The van der Waals surface area contributed by atoms with Crippen molar-refractivity contribution in [1.82, 2.24) is 5.32 Å². The van der Waals surface area contributed by atoms with Gasteiger partial charge in [-0.2, -0.15) is 0 Å². The molecule has 1 aromatic rings. The van der Waals surface area contributed by atoms with Crippen LogP contribution in [0.1, 0.15) is 24.2 Å². The van der Waals surface area contributed by atoms with Crippen LogP contribution in [-0.4, -0.2) is 48.8 Å². The first-order valence-electron chi connectivity index (χ1n) is 7.43. The molecule has 0 aliphatic rings. The maximum absolute atomic E-state index is 12.1. The average Bonchev–Trinajstić information content (AvgIpc) is 2.51. The molecule has 0 aliphatic heterocycles. The highest BCUT2D eigenvalue weighted by Gasteiger charge is 2.16. The molecule has 1 amide bonds. The summed E-state index contributed by atoms with van der Waals surface area (Å²) >= 11 is 7.44. The molecule has 0 heterocycles. The van der Waals surface area contributed by atoms with Crippen LogP contribution in [0, 0.1) is 5.92 Å². The molecule has 0 saturated heterocycles. The molecule has 24 heavy (non-hydrogen) atoms. The van der Waals surface area contributed by atoms with Crippen LogP contribution < -0.4 is 14.8 Å². The average molecular weight is 376 g/mol. The van der Waals surface area contributed by atoms with Crippen LogP contribution >= 0.6 is 23.4 Å². The SMILES string of the molecule is COc1cc(C(=O)NCCSCC(=O)O)cc(Cl)c1OCC(C)C. The van der Waals surface area contributed by atoms with Gasteiger partial charge in [0.25, 0.3) is 5.91 Å². The second-order valence-corrected chi connectivity index (χ2v) is 6.91. The predicted molar refractivity (Wildman–Crippen MR) is 95.6 cm³/mol. The number of carboxylic acids is 1. The Labute approximate surface area is 150 Å². The molecule has 0 aromatic heterocycles. The molecule has 0 saturated carbocycles. The first-order valence-corrected chi connectivity index (χ1v) is 8.96. The number of thioether (sulfide) groups is 1. The Bertz CT molecular complexity index is 580. The third kappa shape index (κ3) is 6.88. The molecule has 1 aromatic carbocycles. The van der Waals surface area contributed by atoms with Gasteiger partial charge in [0.2, 0.25) is 0 Å². The van der Waals surface area contributed by atoms with Crippen LogP contribution in [0.15, 0.2) is 12.1 Å². The molecular weight excluding hydrogens is 354 g/mol. The molecule has 1 rings (SSSR count). The Morgan fingerprint density at radius 3 is 2.67 bits per heavy atom. The Kier molecular flexibility index (Phi) is 8.78. The van der Waals surface area contributed by atoms with E-state index in [1.54, 1.807) is 6.07 Å². The normalized spacial score (nSPS) is 10.5. The summed E-state index contributed by atoms with van der Waals surface area (Å²) in [5.74, 6) is 0.490. The second kappa shape index (κ2) is 10.3. The number of hydrogen-bond acceptors (Lipinski definition) is 5. The van der Waals surface area contributed by atoms with Crippen molar-refractivity contribution in [3.8, 4) is 11.5 Å². The zero-order valence-electron chi connectivity index (χ0n) is 13.9. The molecule has 2 N–H and O–H groups in total. The van der Waals surface area contributed by atoms with E-state index in [1.165, 1.54) is 24.9 Å². The van der Waals surface area contributed by atoms with Crippen molar-refractivity contribution in [2.24, 2.45) is 5.92 Å². The number of hydrogen-bond donors (Lipinski definition) is 2. The number of carbonyl (C=O) groups is 2. The summed E-state index contributed by atoms with van der Waals surface area (Å²) in [6.07, 6.45) is 0. The Morgan fingerprint density at radius 1 is 1.38 bits per heavy atom. The molecule has 0 aliphatic carbocycles. The fraction of sp³-hybridized carbons (Fsp3) is 0.500. The van der Waals surface area contributed by atoms with E-state index in [0.29, 0.717) is 46.9 Å². The topological polar surface area (TPSA) is 84.9 Å². The highest BCUT2D eigenvalue weighted by Crippen LogP contribution is 2.36. The van der Waals surface area contributed by atoms with Crippen molar-refractivity contribution < 1.29 is 24.2 Å². The van der Waals surface area contributed by atoms with Crippen molar-refractivity contribution >= 4 is 35.2 Å². The molecule has 8 heteroatoms. The number of halogens is 1. The summed E-state index contributed by atoms with van der Waals surface area (Å²) < 4.78 is 10.9. The van der Waals surface area contributed by atoms with Gasteiger partial charge >= 0.3 is 5.97 Å². The maximum Gasteiger partial charge on any atom is 0.313 e. The lowest BCUT2D eigenvalue weighted by molar-refractivity contribution is -0.133. The van der Waals surface area contributed by atoms with Gasteiger partial charge in [0.05, 0.1) is 24.5 Å². The molecule has 134 valence electrons. The molecule has 0 unspecified atom stereocenters. The number of methoxy groups -OCH3 is 1. The highest BCUT2D eigenvalue weighted by molar-refractivity contribution is 7.99. The summed E-state index contributed by atoms with van der Waals surface area (Å²) in [6, 6.07) is 3.10. The Balaban J connectivity index is 2.69. The van der Waals surface area contributed by atoms with Gasteiger partial charge in [0.15, 0.2) is 11.5 Å². The minimum atomic E-state index is -0.875. The number of aliphatic carboxylic acids is 1. The number of rotatable bonds is 10. The fourth-order valence-corrected chi connectivity index (χ4v) is 2.57. The van der Waals surface area contributed by atoms with Gasteiger partial charge in [-0.15, -0.1) is 11.8 Å². The zero-order chi connectivity index (χ0) is 18.1. The number of amides is 1. The lowest BCUT2D eigenvalue weighted by atomic mass is 10.2. The van der Waals surface area contributed by atoms with Crippen LogP contribution in [-0.2, 0) is 4.79 Å². The standard InChI is InChI=1S/C16H22ClNO5S/c1-10(2)8-23-15-12(17)6-11(7-13(15)22-3)16(21)18-4-5-24-9-14(19)20/h6-7,10H,4-5,8-9H2,1-3H3,(H,18,21)(H,19,20). The lowest BCUT2D eigenvalue weighted by Crippen LogP contribution is -2.26. The van der Waals surface area contributed by atoms with Crippen LogP contribution in [0.25, 0.3) is 0 Å². The van der Waals surface area contributed by atoms with E-state index in [1.807, 2.05) is 13.8 Å². The van der Waals surface area contributed by atoms with Gasteiger partial charge in [0.1, 0.15) is 0 Å². The molecule has 0 atom stereocenters. The first kappa shape index (κ1) is 20.4. The largest absolute Gasteiger partial charge is 0.493 e. The van der Waals surface area contributed by atoms with Crippen LogP contribution in [0.4, 0.5) is 0 Å². The fourth-order valence-electron chi connectivity index (χ4n) is 1.74. The monoisotopic (exact) mass is 375 g/mol. The van der Waals surface area contributed by atoms with E-state index in [0.717, 1.165) is 0 Å². The quantitative estimate of drug-likeness (QED) is 0.611. The maximum atomic E-state index is 12.1. The van der Waals surface area contributed by atoms with Gasteiger partial charge in [-0.1, -0.05) is 25.4 Å². The predicted octanol–water partition coefficient (Wildman–Crippen LogP) is 2.93. The number of benzene rings is 1. The molecule has 0 bridgehead atoms. The number of nitrogens with one attached hydrogen (secondary N) is 1. The van der Waals surface area contributed by atoms with Gasteiger partial charge < -0.3 is 19.9 Å². The van der Waals surface area contributed by atoms with Crippen LogP contribution in [0.3, 0.4) is 0 Å². The lowest BCUT2D eigenvalue weighted by Gasteiger charge is -2.15. The van der Waals surface area contributed by atoms with Crippen molar-refractivity contribution in [2.45, 2.75) is 13.8 Å². The van der Waals surface area contributed by atoms with Crippen molar-refractivity contribution in [3.05, 3.63) is 22.7 Å². The third-order valence-electron chi connectivity index (χ3n) is 2.81. The van der Waals surface area contributed by atoms with Crippen LogP contribution in [0.5, 0.6) is 11.5 Å². The highest BCUT2D eigenvalue weighted by atomic mass is 35.5. The summed E-state index contributed by atoms with van der Waals surface area (Å²) in [6.45, 7) is 4.89. The van der Waals surface area contributed by atoms with Gasteiger partial charge in [0, 0.05) is 17.9 Å². The van der Waals surface area contributed by atoms with Gasteiger partial charge in [-0.3, -0.25) is 9.59 Å². The number of carboxylic acid groups (broad SMARTS) is 1. The minimum Gasteiger partial charge on any atom is -0.493 e. The smallest absolute Gasteiger partial charge is 0.313 e. The van der Waals surface area contributed by atoms with Gasteiger partial charge in [-0.25, -0.2) is 0 Å². The van der Waals surface area contributed by atoms with E-state index < -0.39 is 5.97 Å². The summed E-state index contributed by atoms with van der Waals surface area (Å²) in [7, 11) is 1.48. The van der Waals surface area contributed by atoms with Crippen LogP contribution in [0.2, 0.25) is 5.02 Å². The Hall–Kier alpha value is -1.60. The van der Waals surface area contributed by atoms with Crippen molar-refractivity contribution in [3.63, 3.8) is 0 Å². The Morgan fingerprint density at radius 2 is 2.08 bits per heavy atom. The van der Waals surface area contributed by atoms with Crippen molar-refractivity contribution in [1.29, 1.82) is 0 Å². The van der Waals surface area contributed by atoms with E-state index in [9.17, 15) is 9.59 Å². The summed E-state index contributed by atoms with van der Waals surface area (Å²) in [5, 5.41) is 11.6. The third-order valence-corrected chi connectivity index (χ3v) is 4.03. The van der Waals surface area contributed by atoms with Crippen molar-refractivity contribution in [2.75, 3.05) is 31.8 Å². The second-order valence-electron chi connectivity index (χ2n) is 5.40. The summed E-state index contributed by atoms with van der Waals surface area (Å²) in [5.41, 5.74) is 0.358. The molecule has 0 fully saturated rings. The zero-order valence-corrected chi connectivity index (χ0v) is 15.5. The first-order chi connectivity index (χ1) is 11.3. The molecule has 0 spiro atoms. The van der Waals surface area contributed by atoms with Gasteiger partial charge in [-0.05, 0) is 18.1 Å². The van der Waals surface area contributed by atoms with E-state index in [2.05, 4.69) is 5.32 Å². The molecule has 6 nitrogen and oxygen atoms in total. The number of carbonyl (C=O) groups excluding carboxylic acids is 1. The van der Waals surface area contributed by atoms with E-state index in [4.69, 9.17) is 26.2 Å². The summed E-state index contributed by atoms with van der Waals surface area (Å²) in [4.78, 5) is 22.6.